The topological polar surface area (TPSA) is 237 Å². The van der Waals surface area contributed by atoms with Crippen LogP contribution in [-0.4, -0.2) is 96.7 Å². The summed E-state index contributed by atoms with van der Waals surface area (Å²) in [4.78, 5) is 72.7. The van der Waals surface area contributed by atoms with E-state index in [2.05, 4.69) is 58.9 Å². The molecule has 17 nitrogen and oxygen atoms in total. The summed E-state index contributed by atoms with van der Waals surface area (Å²) in [6.07, 6.45) is 60.3. The molecule has 0 saturated carbocycles. The van der Waals surface area contributed by atoms with Crippen molar-refractivity contribution in [3.05, 3.63) is 24.3 Å². The minimum Gasteiger partial charge on any atom is -0.462 e. The SMILES string of the molecule is CCCCCC/C=C\C=C/CCCCCCCC(=O)OC[C@H](COP(=O)(O)OC[C@@H](O)COP(=O)(O)OC[C@@H](COC(=O)CCCCCCCCCCC)OC(=O)CCCCCCCCCCCCCCCC)OC(=O)CCCCCCCCCCCCCCCCC(C)C. The van der Waals surface area contributed by atoms with Crippen molar-refractivity contribution in [2.24, 2.45) is 5.92 Å². The molecule has 0 aromatic carbocycles. The van der Waals surface area contributed by atoms with E-state index in [4.69, 9.17) is 37.0 Å². The average Bonchev–Trinajstić information content (AvgIpc) is 1.83. The molecule has 2 unspecified atom stereocenters. The van der Waals surface area contributed by atoms with Crippen molar-refractivity contribution in [2.45, 2.75) is 393 Å². The van der Waals surface area contributed by atoms with E-state index in [9.17, 15) is 43.2 Å². The smallest absolute Gasteiger partial charge is 0.462 e. The molecule has 560 valence electrons. The van der Waals surface area contributed by atoms with Crippen LogP contribution in [0.25, 0.3) is 0 Å². The normalized spacial score (nSPS) is 14.1. The summed E-state index contributed by atoms with van der Waals surface area (Å²) in [7, 11) is -9.92. The van der Waals surface area contributed by atoms with Gasteiger partial charge in [0.2, 0.25) is 0 Å². The zero-order valence-corrected chi connectivity index (χ0v) is 63.1. The number of phosphoric acid groups is 2. The third kappa shape index (κ3) is 69.8. The number of aliphatic hydroxyl groups excluding tert-OH is 1. The second kappa shape index (κ2) is 68.7. The molecule has 0 aliphatic carbocycles. The summed E-state index contributed by atoms with van der Waals surface area (Å²) >= 11 is 0. The molecule has 0 spiro atoms. The number of aliphatic hydroxyl groups is 1. The molecule has 0 heterocycles. The second-order valence-corrected chi connectivity index (χ2v) is 30.1. The first kappa shape index (κ1) is 92.5. The van der Waals surface area contributed by atoms with Crippen LogP contribution < -0.4 is 0 Å². The number of ether oxygens (including phenoxy) is 4. The van der Waals surface area contributed by atoms with E-state index in [0.717, 1.165) is 115 Å². The van der Waals surface area contributed by atoms with E-state index in [1.54, 1.807) is 0 Å². The number of unbranched alkanes of at least 4 members (excludes halogenated alkanes) is 43. The molecule has 0 aromatic heterocycles. The number of hydrogen-bond acceptors (Lipinski definition) is 15. The van der Waals surface area contributed by atoms with Crippen LogP contribution in [0.2, 0.25) is 0 Å². The van der Waals surface area contributed by atoms with Crippen LogP contribution in [0.15, 0.2) is 24.3 Å². The first-order valence-corrected chi connectivity index (χ1v) is 41.9. The van der Waals surface area contributed by atoms with Gasteiger partial charge in [0.15, 0.2) is 12.2 Å². The van der Waals surface area contributed by atoms with Gasteiger partial charge in [-0.05, 0) is 57.3 Å². The highest BCUT2D eigenvalue weighted by Gasteiger charge is 2.30. The highest BCUT2D eigenvalue weighted by molar-refractivity contribution is 7.47. The van der Waals surface area contributed by atoms with Crippen molar-refractivity contribution < 1.29 is 80.2 Å². The maximum absolute atomic E-state index is 13.1. The molecule has 0 aliphatic rings. The lowest BCUT2D eigenvalue weighted by Gasteiger charge is -2.21. The van der Waals surface area contributed by atoms with Gasteiger partial charge < -0.3 is 33.8 Å². The van der Waals surface area contributed by atoms with Crippen LogP contribution >= 0.6 is 15.6 Å². The van der Waals surface area contributed by atoms with Crippen LogP contribution in [0.1, 0.15) is 375 Å². The molecule has 19 heteroatoms. The van der Waals surface area contributed by atoms with Crippen LogP contribution in [0.5, 0.6) is 0 Å². The van der Waals surface area contributed by atoms with E-state index < -0.39 is 97.5 Å². The molecular formula is C76H144O17P2. The van der Waals surface area contributed by atoms with Crippen molar-refractivity contribution in [3.8, 4) is 0 Å². The molecule has 3 N–H and O–H groups in total. The Morgan fingerprint density at radius 3 is 0.863 bits per heavy atom. The minimum atomic E-state index is -4.96. The van der Waals surface area contributed by atoms with Crippen LogP contribution in [0, 0.1) is 5.92 Å². The first-order chi connectivity index (χ1) is 46.0. The summed E-state index contributed by atoms with van der Waals surface area (Å²) in [6.45, 7) is 7.24. The molecule has 5 atom stereocenters. The van der Waals surface area contributed by atoms with E-state index in [1.165, 1.54) is 180 Å². The van der Waals surface area contributed by atoms with Crippen molar-refractivity contribution in [2.75, 3.05) is 39.6 Å². The first-order valence-electron chi connectivity index (χ1n) is 39.0. The van der Waals surface area contributed by atoms with Gasteiger partial charge in [-0.3, -0.25) is 37.3 Å². The Morgan fingerprint density at radius 2 is 0.568 bits per heavy atom. The Morgan fingerprint density at radius 1 is 0.326 bits per heavy atom. The summed E-state index contributed by atoms with van der Waals surface area (Å²) in [5, 5.41) is 10.6. The number of allylic oxidation sites excluding steroid dienone is 4. The quantitative estimate of drug-likeness (QED) is 0.0169. The predicted molar refractivity (Wildman–Crippen MR) is 386 cm³/mol. The maximum atomic E-state index is 13.1. The zero-order chi connectivity index (χ0) is 69.8. The van der Waals surface area contributed by atoms with Crippen LogP contribution in [0.3, 0.4) is 0 Å². The van der Waals surface area contributed by atoms with Crippen LogP contribution in [0.4, 0.5) is 0 Å². The largest absolute Gasteiger partial charge is 0.472 e. The van der Waals surface area contributed by atoms with Gasteiger partial charge in [-0.1, -0.05) is 322 Å². The molecule has 95 heavy (non-hydrogen) atoms. The Kier molecular flexibility index (Phi) is 66.9. The standard InChI is InChI=1S/C76H144O17P2/c1-6-9-12-15-18-21-23-25-27-32-35-40-45-50-55-60-74(79)87-66-72(93-76(81)62-57-52-47-42-37-33-29-28-30-34-39-43-48-53-58-69(4)5)68-91-95(84,85)89-64-70(77)63-88-94(82,83)90-67-71(65-86-73(78)59-54-49-44-38-20-17-14-11-8-3)92-75(80)61-56-51-46-41-36-31-26-24-22-19-16-13-10-7-2/h21,23,25,27,69-72,77H,6-20,22,24,26,28-68H2,1-5H3,(H,82,83)(H,84,85)/b23-21-,27-25-/t70-,71+,72+/m0/s1. The monoisotopic (exact) mass is 1390 g/mol. The molecule has 0 fully saturated rings. The fourth-order valence-electron chi connectivity index (χ4n) is 11.2. The predicted octanol–water partition coefficient (Wildman–Crippen LogP) is 22.0. The summed E-state index contributed by atoms with van der Waals surface area (Å²) in [6, 6.07) is 0. The Bertz CT molecular complexity index is 1920. The number of esters is 4. The number of carbonyl (C=O) groups excluding carboxylic acids is 4. The number of rotatable bonds is 74. The number of carbonyl (C=O) groups is 4. The molecule has 0 bridgehead atoms. The highest BCUT2D eigenvalue weighted by Crippen LogP contribution is 2.45. The Hall–Kier alpha value is -2.46. The highest BCUT2D eigenvalue weighted by atomic mass is 31.2. The van der Waals surface area contributed by atoms with Gasteiger partial charge in [-0.25, -0.2) is 9.13 Å². The molecule has 0 aliphatic heterocycles. The van der Waals surface area contributed by atoms with Crippen molar-refractivity contribution in [3.63, 3.8) is 0 Å². The number of hydrogen-bond donors (Lipinski definition) is 3. The molecule has 0 rings (SSSR count). The third-order valence-electron chi connectivity index (χ3n) is 17.2. The molecule has 0 radical (unpaired) electrons. The maximum Gasteiger partial charge on any atom is 0.472 e. The zero-order valence-electron chi connectivity index (χ0n) is 61.3. The van der Waals surface area contributed by atoms with Crippen molar-refractivity contribution >= 4 is 39.5 Å². The van der Waals surface area contributed by atoms with Crippen LogP contribution in [-0.2, 0) is 65.4 Å². The molecule has 0 saturated heterocycles. The second-order valence-electron chi connectivity index (χ2n) is 27.2. The van der Waals surface area contributed by atoms with E-state index >= 15 is 0 Å². The molecule has 0 amide bonds. The van der Waals surface area contributed by atoms with Gasteiger partial charge in [0.1, 0.15) is 19.3 Å². The van der Waals surface area contributed by atoms with Crippen molar-refractivity contribution in [1.82, 2.24) is 0 Å². The van der Waals surface area contributed by atoms with E-state index in [-0.39, 0.29) is 25.7 Å². The van der Waals surface area contributed by atoms with E-state index in [0.29, 0.717) is 25.7 Å². The fraction of sp³-hybridized carbons (Fsp3) is 0.895. The van der Waals surface area contributed by atoms with Gasteiger partial charge in [0.05, 0.1) is 26.4 Å². The lowest BCUT2D eigenvalue weighted by molar-refractivity contribution is -0.161. The molecular weight excluding hydrogens is 1250 g/mol. The molecule has 0 aromatic rings. The van der Waals surface area contributed by atoms with Crippen molar-refractivity contribution in [1.29, 1.82) is 0 Å². The lowest BCUT2D eigenvalue weighted by Crippen LogP contribution is -2.30. The Labute approximate surface area is 580 Å². The van der Waals surface area contributed by atoms with Gasteiger partial charge >= 0.3 is 39.5 Å². The van der Waals surface area contributed by atoms with Gasteiger partial charge in [0, 0.05) is 25.7 Å². The van der Waals surface area contributed by atoms with Gasteiger partial charge in [-0.15, -0.1) is 0 Å². The minimum absolute atomic E-state index is 0.101. The van der Waals surface area contributed by atoms with Gasteiger partial charge in [0.25, 0.3) is 0 Å². The Balaban J connectivity index is 5.27. The summed E-state index contributed by atoms with van der Waals surface area (Å²) in [5.41, 5.74) is 0. The van der Waals surface area contributed by atoms with Gasteiger partial charge in [-0.2, -0.15) is 0 Å². The third-order valence-corrected chi connectivity index (χ3v) is 19.1. The number of phosphoric ester groups is 2. The summed E-state index contributed by atoms with van der Waals surface area (Å²) < 4.78 is 68.5. The average molecular weight is 1390 g/mol. The fourth-order valence-corrected chi connectivity index (χ4v) is 12.7. The lowest BCUT2D eigenvalue weighted by atomic mass is 10.0. The van der Waals surface area contributed by atoms with E-state index in [1.807, 2.05) is 0 Å². The summed E-state index contributed by atoms with van der Waals surface area (Å²) in [5.74, 6) is -1.35.